The molecular formula is C14H11F3N2O2. The van der Waals surface area contributed by atoms with Crippen LogP contribution in [0.3, 0.4) is 0 Å². The first-order chi connectivity index (χ1) is 9.92. The van der Waals surface area contributed by atoms with Gasteiger partial charge < -0.3 is 15.4 Å². The maximum Gasteiger partial charge on any atom is 0.573 e. The van der Waals surface area contributed by atoms with Gasteiger partial charge in [-0.05, 0) is 36.4 Å². The van der Waals surface area contributed by atoms with Gasteiger partial charge in [0, 0.05) is 11.4 Å². The first kappa shape index (κ1) is 14.7. The van der Waals surface area contributed by atoms with E-state index >= 15 is 0 Å². The number of carbonyl (C=O) groups is 1. The molecule has 21 heavy (non-hydrogen) atoms. The van der Waals surface area contributed by atoms with Crippen molar-refractivity contribution in [3.63, 3.8) is 0 Å². The molecule has 7 heteroatoms. The summed E-state index contributed by atoms with van der Waals surface area (Å²) in [5.74, 6) is -0.350. The Morgan fingerprint density at radius 3 is 1.90 bits per heavy atom. The number of nitrogens with one attached hydrogen (secondary N) is 2. The Hall–Kier alpha value is -2.70. The lowest BCUT2D eigenvalue weighted by Gasteiger charge is -2.10. The number of anilines is 2. The Morgan fingerprint density at radius 1 is 0.857 bits per heavy atom. The lowest BCUT2D eigenvalue weighted by Crippen LogP contribution is -2.19. The van der Waals surface area contributed by atoms with E-state index in [1.54, 1.807) is 24.3 Å². The molecule has 4 nitrogen and oxygen atoms in total. The fraction of sp³-hybridized carbons (Fsp3) is 0.0714. The van der Waals surface area contributed by atoms with E-state index in [-0.39, 0.29) is 5.75 Å². The van der Waals surface area contributed by atoms with E-state index in [9.17, 15) is 18.0 Å². The van der Waals surface area contributed by atoms with E-state index in [1.165, 1.54) is 12.1 Å². The van der Waals surface area contributed by atoms with Gasteiger partial charge >= 0.3 is 12.4 Å². The SMILES string of the molecule is O=C(Nc1ccccc1)Nc1ccc(OC(F)(F)F)cc1. The molecule has 2 rings (SSSR count). The van der Waals surface area contributed by atoms with Crippen molar-refractivity contribution in [2.45, 2.75) is 6.36 Å². The van der Waals surface area contributed by atoms with Crippen LogP contribution in [0.1, 0.15) is 0 Å². The summed E-state index contributed by atoms with van der Waals surface area (Å²) in [6.45, 7) is 0. The summed E-state index contributed by atoms with van der Waals surface area (Å²) < 4.78 is 39.7. The Bertz CT molecular complexity index is 598. The molecule has 2 amide bonds. The van der Waals surface area contributed by atoms with E-state index < -0.39 is 12.4 Å². The average Bonchev–Trinajstić information content (AvgIpc) is 2.40. The number of urea groups is 1. The molecule has 2 aromatic rings. The second-order valence-corrected chi connectivity index (χ2v) is 4.02. The smallest absolute Gasteiger partial charge is 0.406 e. The molecule has 0 heterocycles. The number of alkyl halides is 3. The second kappa shape index (κ2) is 6.17. The van der Waals surface area contributed by atoms with Gasteiger partial charge in [0.15, 0.2) is 0 Å². The van der Waals surface area contributed by atoms with Crippen LogP contribution in [0.15, 0.2) is 54.6 Å². The molecule has 0 saturated carbocycles. The third-order valence-electron chi connectivity index (χ3n) is 2.38. The highest BCUT2D eigenvalue weighted by Crippen LogP contribution is 2.23. The van der Waals surface area contributed by atoms with Crippen LogP contribution < -0.4 is 15.4 Å². The van der Waals surface area contributed by atoms with Gasteiger partial charge in [-0.3, -0.25) is 0 Å². The average molecular weight is 296 g/mol. The van der Waals surface area contributed by atoms with E-state index in [2.05, 4.69) is 15.4 Å². The molecule has 0 fully saturated rings. The monoisotopic (exact) mass is 296 g/mol. The van der Waals surface area contributed by atoms with E-state index in [0.717, 1.165) is 12.1 Å². The molecule has 0 unspecified atom stereocenters. The largest absolute Gasteiger partial charge is 0.573 e. The third-order valence-corrected chi connectivity index (χ3v) is 2.38. The summed E-state index contributed by atoms with van der Waals surface area (Å²) in [4.78, 5) is 11.7. The maximum atomic E-state index is 12.0. The zero-order chi connectivity index (χ0) is 15.3. The zero-order valence-corrected chi connectivity index (χ0v) is 10.6. The molecule has 0 aliphatic heterocycles. The predicted octanol–water partition coefficient (Wildman–Crippen LogP) is 4.23. The zero-order valence-electron chi connectivity index (χ0n) is 10.6. The van der Waals surface area contributed by atoms with Crippen LogP contribution in [0.25, 0.3) is 0 Å². The highest BCUT2D eigenvalue weighted by Gasteiger charge is 2.30. The number of rotatable bonds is 3. The van der Waals surface area contributed by atoms with Crippen LogP contribution in [0, 0.1) is 0 Å². The Balaban J connectivity index is 1.92. The minimum absolute atomic E-state index is 0.345. The molecule has 0 aromatic heterocycles. The predicted molar refractivity (Wildman–Crippen MR) is 72.2 cm³/mol. The van der Waals surface area contributed by atoms with Gasteiger partial charge in [-0.2, -0.15) is 0 Å². The number of benzene rings is 2. The van der Waals surface area contributed by atoms with Gasteiger partial charge in [-0.15, -0.1) is 13.2 Å². The molecule has 2 aromatic carbocycles. The number of amides is 2. The molecular weight excluding hydrogens is 285 g/mol. The maximum absolute atomic E-state index is 12.0. The first-order valence-electron chi connectivity index (χ1n) is 5.91. The Labute approximate surface area is 118 Å². The highest BCUT2D eigenvalue weighted by molar-refractivity contribution is 5.99. The van der Waals surface area contributed by atoms with Gasteiger partial charge in [0.1, 0.15) is 5.75 Å². The lowest BCUT2D eigenvalue weighted by molar-refractivity contribution is -0.274. The molecule has 0 aliphatic carbocycles. The van der Waals surface area contributed by atoms with Gasteiger partial charge in [0.25, 0.3) is 0 Å². The molecule has 0 spiro atoms. The lowest BCUT2D eigenvalue weighted by atomic mass is 10.3. The summed E-state index contributed by atoms with van der Waals surface area (Å²) in [5.41, 5.74) is 0.949. The van der Waals surface area contributed by atoms with Crippen molar-refractivity contribution in [3.8, 4) is 5.75 Å². The number of para-hydroxylation sites is 1. The van der Waals surface area contributed by atoms with Crippen molar-refractivity contribution < 1.29 is 22.7 Å². The van der Waals surface area contributed by atoms with Crippen molar-refractivity contribution in [1.82, 2.24) is 0 Å². The van der Waals surface area contributed by atoms with Gasteiger partial charge in [-0.1, -0.05) is 18.2 Å². The van der Waals surface area contributed by atoms with Gasteiger partial charge in [0.2, 0.25) is 0 Å². The summed E-state index contributed by atoms with van der Waals surface area (Å²) >= 11 is 0. The molecule has 0 saturated heterocycles. The second-order valence-electron chi connectivity index (χ2n) is 4.02. The number of ether oxygens (including phenoxy) is 1. The van der Waals surface area contributed by atoms with Crippen LogP contribution in [0.4, 0.5) is 29.3 Å². The number of carbonyl (C=O) groups excluding carboxylic acids is 1. The van der Waals surface area contributed by atoms with Crippen molar-refractivity contribution in [3.05, 3.63) is 54.6 Å². The van der Waals surface area contributed by atoms with Crippen molar-refractivity contribution in [2.75, 3.05) is 10.6 Å². The molecule has 2 N–H and O–H groups in total. The Morgan fingerprint density at radius 2 is 1.38 bits per heavy atom. The fourth-order valence-corrected chi connectivity index (χ4v) is 1.55. The summed E-state index contributed by atoms with van der Waals surface area (Å²) in [7, 11) is 0. The van der Waals surface area contributed by atoms with E-state index in [1.807, 2.05) is 6.07 Å². The van der Waals surface area contributed by atoms with Crippen molar-refractivity contribution in [2.24, 2.45) is 0 Å². The molecule has 0 radical (unpaired) electrons. The standard InChI is InChI=1S/C14H11F3N2O2/c15-14(16,17)21-12-8-6-11(7-9-12)19-13(20)18-10-4-2-1-3-5-10/h1-9H,(H2,18,19,20). The van der Waals surface area contributed by atoms with Crippen LogP contribution >= 0.6 is 0 Å². The molecule has 0 aliphatic rings. The Kier molecular flexibility index (Phi) is 4.32. The minimum atomic E-state index is -4.74. The molecule has 0 bridgehead atoms. The number of hydrogen-bond donors (Lipinski definition) is 2. The van der Waals surface area contributed by atoms with Crippen LogP contribution in [0.2, 0.25) is 0 Å². The van der Waals surface area contributed by atoms with E-state index in [0.29, 0.717) is 11.4 Å². The van der Waals surface area contributed by atoms with Gasteiger partial charge in [0.05, 0.1) is 0 Å². The van der Waals surface area contributed by atoms with Crippen LogP contribution in [-0.2, 0) is 0 Å². The molecule has 110 valence electrons. The fourth-order valence-electron chi connectivity index (χ4n) is 1.55. The summed E-state index contributed by atoms with van der Waals surface area (Å²) in [5, 5.41) is 5.08. The highest BCUT2D eigenvalue weighted by atomic mass is 19.4. The third kappa shape index (κ3) is 5.06. The van der Waals surface area contributed by atoms with Crippen molar-refractivity contribution >= 4 is 17.4 Å². The van der Waals surface area contributed by atoms with E-state index in [4.69, 9.17) is 0 Å². The normalized spacial score (nSPS) is 10.8. The van der Waals surface area contributed by atoms with Crippen LogP contribution in [-0.4, -0.2) is 12.4 Å². The number of halogens is 3. The quantitative estimate of drug-likeness (QED) is 0.890. The van der Waals surface area contributed by atoms with Crippen LogP contribution in [0.5, 0.6) is 5.75 Å². The summed E-state index contributed by atoms with van der Waals surface area (Å²) in [6.07, 6.45) is -4.74. The minimum Gasteiger partial charge on any atom is -0.406 e. The summed E-state index contributed by atoms with van der Waals surface area (Å²) in [6, 6.07) is 13.1. The molecule has 0 atom stereocenters. The number of hydrogen-bond acceptors (Lipinski definition) is 2. The van der Waals surface area contributed by atoms with Crippen molar-refractivity contribution in [1.29, 1.82) is 0 Å². The first-order valence-corrected chi connectivity index (χ1v) is 5.91. The topological polar surface area (TPSA) is 50.4 Å². The van der Waals surface area contributed by atoms with Gasteiger partial charge in [-0.25, -0.2) is 4.79 Å².